The first kappa shape index (κ1) is 36.5. The van der Waals surface area contributed by atoms with E-state index in [-0.39, 0.29) is 33.8 Å². The first-order chi connectivity index (χ1) is 25.5. The molecule has 5 aromatic rings. The third-order valence-corrected chi connectivity index (χ3v) is 7.29. The Hall–Kier alpha value is -7.75. The van der Waals surface area contributed by atoms with Crippen LogP contribution in [0.3, 0.4) is 0 Å². The highest BCUT2D eigenvalue weighted by Crippen LogP contribution is 2.30. The fraction of sp³-hybridized carbons (Fsp3) is 0.0541. The lowest BCUT2D eigenvalue weighted by atomic mass is 10.2. The molecule has 5 aromatic carbocycles. The van der Waals surface area contributed by atoms with Crippen molar-refractivity contribution in [2.45, 2.75) is 0 Å². The van der Waals surface area contributed by atoms with Crippen molar-refractivity contribution in [3.8, 4) is 23.0 Å². The van der Waals surface area contributed by atoms with Gasteiger partial charge in [-0.05, 0) is 103 Å². The molecular weight excluding hydrogens is 690 g/mol. The average molecular weight is 718 g/mol. The van der Waals surface area contributed by atoms with Gasteiger partial charge < -0.3 is 18.9 Å². The quantitative estimate of drug-likeness (QED) is 0.0458. The van der Waals surface area contributed by atoms with Crippen LogP contribution in [0.2, 0.25) is 0 Å². The molecule has 1 N–H and O–H groups in total. The SMILES string of the molecule is COc1ccc(C(=O)Oc2ccc(C=Nc3ccc(C(=O)N/N=C\c4ccc(OC(=O)c5ccc(OC)cc5)c([N+](=O)[O-])c4)cc3)cc2[N+](=O)[O-])cc1. The number of benzene rings is 5. The normalized spacial score (nSPS) is 10.8. The minimum Gasteiger partial charge on any atom is -0.497 e. The minimum atomic E-state index is -0.801. The summed E-state index contributed by atoms with van der Waals surface area (Å²) in [6.45, 7) is 0. The summed E-state index contributed by atoms with van der Waals surface area (Å²) in [7, 11) is 2.95. The summed E-state index contributed by atoms with van der Waals surface area (Å²) in [4.78, 5) is 63.9. The average Bonchev–Trinajstić information content (AvgIpc) is 3.17. The lowest BCUT2D eigenvalue weighted by molar-refractivity contribution is -0.385. The Morgan fingerprint density at radius 3 is 1.47 bits per heavy atom. The van der Waals surface area contributed by atoms with E-state index in [1.54, 1.807) is 24.3 Å². The van der Waals surface area contributed by atoms with Crippen molar-refractivity contribution >= 4 is 47.3 Å². The molecule has 0 saturated carbocycles. The van der Waals surface area contributed by atoms with Gasteiger partial charge in [-0.1, -0.05) is 0 Å². The third-order valence-electron chi connectivity index (χ3n) is 7.29. The fourth-order valence-corrected chi connectivity index (χ4v) is 4.54. The minimum absolute atomic E-state index is 0.164. The van der Waals surface area contributed by atoms with Crippen LogP contribution in [0, 0.1) is 20.2 Å². The molecule has 0 saturated heterocycles. The highest BCUT2D eigenvalue weighted by atomic mass is 16.6. The van der Waals surface area contributed by atoms with E-state index in [2.05, 4.69) is 15.5 Å². The van der Waals surface area contributed by atoms with E-state index in [0.29, 0.717) is 22.7 Å². The maximum Gasteiger partial charge on any atom is 0.343 e. The van der Waals surface area contributed by atoms with E-state index in [9.17, 15) is 34.6 Å². The lowest BCUT2D eigenvalue weighted by Gasteiger charge is -2.07. The van der Waals surface area contributed by atoms with Crippen LogP contribution in [-0.4, -0.2) is 54.3 Å². The maximum atomic E-state index is 12.6. The molecule has 0 heterocycles. The van der Waals surface area contributed by atoms with Crippen LogP contribution in [0.15, 0.2) is 119 Å². The van der Waals surface area contributed by atoms with E-state index < -0.39 is 39.1 Å². The maximum absolute atomic E-state index is 12.6. The molecular formula is C37H27N5O11. The number of aliphatic imine (C=N–C) groups is 1. The number of hydrogen-bond acceptors (Lipinski definition) is 13. The first-order valence-electron chi connectivity index (χ1n) is 15.3. The molecule has 53 heavy (non-hydrogen) atoms. The van der Waals surface area contributed by atoms with E-state index in [0.717, 1.165) is 6.07 Å². The second-order valence-electron chi connectivity index (χ2n) is 10.7. The molecule has 0 fully saturated rings. The summed E-state index contributed by atoms with van der Waals surface area (Å²) in [5, 5.41) is 27.2. The zero-order valence-corrected chi connectivity index (χ0v) is 27.8. The molecule has 0 spiro atoms. The summed E-state index contributed by atoms with van der Waals surface area (Å²) in [5.41, 5.74) is 2.96. The molecule has 16 nitrogen and oxygen atoms in total. The Bertz CT molecular complexity index is 2240. The summed E-state index contributed by atoms with van der Waals surface area (Å²) >= 11 is 0. The Balaban J connectivity index is 1.18. The van der Waals surface area contributed by atoms with Crippen LogP contribution in [0.4, 0.5) is 17.1 Å². The molecule has 5 rings (SSSR count). The number of nitro groups is 2. The predicted molar refractivity (Wildman–Crippen MR) is 191 cm³/mol. The van der Waals surface area contributed by atoms with E-state index in [1.807, 2.05) is 0 Å². The molecule has 0 bridgehead atoms. The third kappa shape index (κ3) is 9.49. The smallest absolute Gasteiger partial charge is 0.343 e. The number of carbonyl (C=O) groups is 3. The number of nitrogens with one attached hydrogen (secondary N) is 1. The van der Waals surface area contributed by atoms with Gasteiger partial charge in [0.2, 0.25) is 11.5 Å². The van der Waals surface area contributed by atoms with Gasteiger partial charge in [-0.25, -0.2) is 15.0 Å². The van der Waals surface area contributed by atoms with Crippen molar-refractivity contribution in [3.63, 3.8) is 0 Å². The van der Waals surface area contributed by atoms with Gasteiger partial charge in [0.25, 0.3) is 5.91 Å². The number of nitrogens with zero attached hydrogens (tertiary/aromatic N) is 4. The van der Waals surface area contributed by atoms with Crippen molar-refractivity contribution in [1.29, 1.82) is 0 Å². The number of carbonyl (C=O) groups excluding carboxylic acids is 3. The molecule has 0 unspecified atom stereocenters. The van der Waals surface area contributed by atoms with E-state index in [4.69, 9.17) is 18.9 Å². The monoisotopic (exact) mass is 717 g/mol. The lowest BCUT2D eigenvalue weighted by Crippen LogP contribution is -2.17. The highest BCUT2D eigenvalue weighted by molar-refractivity contribution is 5.96. The topological polar surface area (TPSA) is 211 Å². The molecule has 0 aromatic heterocycles. The Kier molecular flexibility index (Phi) is 11.6. The molecule has 0 atom stereocenters. The van der Waals surface area contributed by atoms with E-state index >= 15 is 0 Å². The second-order valence-corrected chi connectivity index (χ2v) is 10.7. The molecule has 16 heteroatoms. The van der Waals surface area contributed by atoms with Gasteiger partial charge in [0, 0.05) is 29.5 Å². The van der Waals surface area contributed by atoms with Crippen molar-refractivity contribution < 1.29 is 43.2 Å². The molecule has 0 radical (unpaired) electrons. The first-order valence-corrected chi connectivity index (χ1v) is 15.3. The summed E-state index contributed by atoms with van der Waals surface area (Å²) in [6, 6.07) is 25.9. The standard InChI is InChI=1S/C37H27N5O11/c1-50-29-13-7-26(8-14-29)36(44)52-33-17-3-23(19-31(33)41(46)47)21-38-28-11-5-25(6-12-28)35(43)40-39-22-24-4-18-34(32(20-24)42(48)49)53-37(45)27-9-15-30(51-2)16-10-27/h3-22H,1-2H3,(H,40,43)/b38-21?,39-22-. The summed E-state index contributed by atoms with van der Waals surface area (Å²) in [5.74, 6) is -1.64. The zero-order chi connectivity index (χ0) is 37.9. The summed E-state index contributed by atoms with van der Waals surface area (Å²) < 4.78 is 20.6. The van der Waals surface area contributed by atoms with Gasteiger partial charge in [-0.3, -0.25) is 30.0 Å². The number of methoxy groups -OCH3 is 2. The number of hydrazone groups is 1. The second kappa shape index (κ2) is 16.8. The summed E-state index contributed by atoms with van der Waals surface area (Å²) in [6.07, 6.45) is 2.55. The van der Waals surface area contributed by atoms with Gasteiger partial charge >= 0.3 is 23.3 Å². The van der Waals surface area contributed by atoms with Crippen molar-refractivity contribution in [1.82, 2.24) is 5.43 Å². The van der Waals surface area contributed by atoms with Crippen LogP contribution < -0.4 is 24.4 Å². The van der Waals surface area contributed by atoms with Crippen LogP contribution in [-0.2, 0) is 0 Å². The van der Waals surface area contributed by atoms with Gasteiger partial charge in [-0.15, -0.1) is 0 Å². The van der Waals surface area contributed by atoms with E-state index in [1.165, 1.54) is 106 Å². The number of nitro benzene ring substituents is 2. The number of rotatable bonds is 13. The molecule has 266 valence electrons. The number of esters is 2. The molecule has 1 amide bonds. The number of ether oxygens (including phenoxy) is 4. The van der Waals surface area contributed by atoms with Crippen LogP contribution >= 0.6 is 0 Å². The number of hydrogen-bond donors (Lipinski definition) is 1. The fourth-order valence-electron chi connectivity index (χ4n) is 4.54. The van der Waals surface area contributed by atoms with Gasteiger partial charge in [0.15, 0.2) is 0 Å². The van der Waals surface area contributed by atoms with Gasteiger partial charge in [-0.2, -0.15) is 5.10 Å². The van der Waals surface area contributed by atoms with Crippen molar-refractivity contribution in [2.24, 2.45) is 10.1 Å². The Labute approximate surface area is 300 Å². The van der Waals surface area contributed by atoms with Gasteiger partial charge in [0.05, 0.1) is 47.1 Å². The van der Waals surface area contributed by atoms with Crippen LogP contribution in [0.1, 0.15) is 42.2 Å². The zero-order valence-electron chi connectivity index (χ0n) is 27.8. The Morgan fingerprint density at radius 1 is 0.604 bits per heavy atom. The predicted octanol–water partition coefficient (Wildman–Crippen LogP) is 6.47. The Morgan fingerprint density at radius 2 is 1.04 bits per heavy atom. The molecule has 0 aliphatic carbocycles. The largest absolute Gasteiger partial charge is 0.497 e. The highest BCUT2D eigenvalue weighted by Gasteiger charge is 2.21. The van der Waals surface area contributed by atoms with Crippen molar-refractivity contribution in [3.05, 3.63) is 157 Å². The molecule has 0 aliphatic heterocycles. The van der Waals surface area contributed by atoms with Crippen LogP contribution in [0.25, 0.3) is 0 Å². The van der Waals surface area contributed by atoms with Crippen molar-refractivity contribution in [2.75, 3.05) is 14.2 Å². The van der Waals surface area contributed by atoms with Gasteiger partial charge in [0.1, 0.15) is 11.5 Å². The molecule has 0 aliphatic rings. The number of amides is 1. The van der Waals surface area contributed by atoms with Crippen LogP contribution in [0.5, 0.6) is 23.0 Å².